The van der Waals surface area contributed by atoms with Crippen LogP contribution in [0.4, 0.5) is 8.78 Å². The van der Waals surface area contributed by atoms with Gasteiger partial charge in [-0.15, -0.1) is 0 Å². The SMILES string of the molecule is Fc1ccc(CNCC2CCCO2)c(F)c1. The zero-order chi connectivity index (χ0) is 11.4. The van der Waals surface area contributed by atoms with E-state index < -0.39 is 11.6 Å². The maximum absolute atomic E-state index is 13.2. The number of nitrogens with one attached hydrogen (secondary N) is 1. The van der Waals surface area contributed by atoms with Crippen LogP contribution < -0.4 is 5.32 Å². The Hall–Kier alpha value is -1.00. The van der Waals surface area contributed by atoms with Crippen LogP contribution in [0.25, 0.3) is 0 Å². The monoisotopic (exact) mass is 227 g/mol. The summed E-state index contributed by atoms with van der Waals surface area (Å²) in [5.74, 6) is -1.04. The van der Waals surface area contributed by atoms with Crippen molar-refractivity contribution in [2.24, 2.45) is 0 Å². The zero-order valence-corrected chi connectivity index (χ0v) is 9.01. The first-order valence-corrected chi connectivity index (χ1v) is 5.52. The molecule has 1 atom stereocenters. The average molecular weight is 227 g/mol. The molecule has 2 nitrogen and oxygen atoms in total. The van der Waals surface area contributed by atoms with Gasteiger partial charge in [0.1, 0.15) is 11.6 Å². The van der Waals surface area contributed by atoms with Crippen LogP contribution in [0.5, 0.6) is 0 Å². The van der Waals surface area contributed by atoms with E-state index in [0.29, 0.717) is 12.1 Å². The summed E-state index contributed by atoms with van der Waals surface area (Å²) < 4.78 is 31.3. The average Bonchev–Trinajstić information content (AvgIpc) is 2.74. The number of hydrogen-bond acceptors (Lipinski definition) is 2. The molecule has 88 valence electrons. The first-order valence-electron chi connectivity index (χ1n) is 5.52. The summed E-state index contributed by atoms with van der Waals surface area (Å²) >= 11 is 0. The van der Waals surface area contributed by atoms with Gasteiger partial charge >= 0.3 is 0 Å². The molecule has 1 aromatic carbocycles. The maximum atomic E-state index is 13.2. The lowest BCUT2D eigenvalue weighted by atomic mass is 10.2. The molecule has 1 fully saturated rings. The first-order chi connectivity index (χ1) is 7.75. The fraction of sp³-hybridized carbons (Fsp3) is 0.500. The summed E-state index contributed by atoms with van der Waals surface area (Å²) in [7, 11) is 0. The predicted molar refractivity (Wildman–Crippen MR) is 57.0 cm³/mol. The van der Waals surface area contributed by atoms with Gasteiger partial charge in [0, 0.05) is 31.3 Å². The van der Waals surface area contributed by atoms with Crippen LogP contribution in [0.2, 0.25) is 0 Å². The minimum absolute atomic E-state index is 0.239. The second-order valence-electron chi connectivity index (χ2n) is 4.00. The standard InChI is InChI=1S/C12H15F2NO/c13-10-4-3-9(12(14)6-10)7-15-8-11-2-1-5-16-11/h3-4,6,11,15H,1-2,5,7-8H2. The highest BCUT2D eigenvalue weighted by molar-refractivity contribution is 5.18. The van der Waals surface area contributed by atoms with Crippen molar-refractivity contribution in [3.8, 4) is 0 Å². The topological polar surface area (TPSA) is 21.3 Å². The molecule has 1 aliphatic heterocycles. The summed E-state index contributed by atoms with van der Waals surface area (Å²) in [6.45, 7) is 1.94. The van der Waals surface area contributed by atoms with Crippen LogP contribution >= 0.6 is 0 Å². The Morgan fingerprint density at radius 3 is 2.94 bits per heavy atom. The van der Waals surface area contributed by atoms with Gasteiger partial charge in [0.05, 0.1) is 6.10 Å². The van der Waals surface area contributed by atoms with Crippen molar-refractivity contribution < 1.29 is 13.5 Å². The minimum atomic E-state index is -0.541. The summed E-state index contributed by atoms with van der Waals surface area (Å²) in [4.78, 5) is 0. The highest BCUT2D eigenvalue weighted by atomic mass is 19.1. The summed E-state index contributed by atoms with van der Waals surface area (Å²) in [5.41, 5.74) is 0.486. The smallest absolute Gasteiger partial charge is 0.130 e. The maximum Gasteiger partial charge on any atom is 0.130 e. The number of ether oxygens (including phenoxy) is 1. The van der Waals surface area contributed by atoms with Gasteiger partial charge in [0.25, 0.3) is 0 Å². The molecule has 0 amide bonds. The molecule has 0 spiro atoms. The van der Waals surface area contributed by atoms with Crippen LogP contribution in [0.3, 0.4) is 0 Å². The van der Waals surface area contributed by atoms with Gasteiger partial charge in [0.2, 0.25) is 0 Å². The van der Waals surface area contributed by atoms with E-state index in [-0.39, 0.29) is 6.10 Å². The molecule has 16 heavy (non-hydrogen) atoms. The van der Waals surface area contributed by atoms with Gasteiger partial charge in [0.15, 0.2) is 0 Å². The van der Waals surface area contributed by atoms with Crippen LogP contribution in [0, 0.1) is 11.6 Å². The fourth-order valence-corrected chi connectivity index (χ4v) is 1.84. The molecule has 1 N–H and O–H groups in total. The molecule has 1 unspecified atom stereocenters. The fourth-order valence-electron chi connectivity index (χ4n) is 1.84. The molecule has 1 heterocycles. The quantitative estimate of drug-likeness (QED) is 0.851. The Bertz CT molecular complexity index is 351. The predicted octanol–water partition coefficient (Wildman–Crippen LogP) is 2.23. The van der Waals surface area contributed by atoms with Crippen LogP contribution in [0.15, 0.2) is 18.2 Å². The molecular weight excluding hydrogens is 212 g/mol. The van der Waals surface area contributed by atoms with E-state index in [4.69, 9.17) is 4.74 Å². The number of hydrogen-bond donors (Lipinski definition) is 1. The molecule has 4 heteroatoms. The lowest BCUT2D eigenvalue weighted by Gasteiger charge is -2.11. The van der Waals surface area contributed by atoms with Crippen molar-refractivity contribution in [2.45, 2.75) is 25.5 Å². The highest BCUT2D eigenvalue weighted by Gasteiger charge is 2.14. The Kier molecular flexibility index (Phi) is 3.85. The number of halogens is 2. The van der Waals surface area contributed by atoms with Crippen LogP contribution in [-0.2, 0) is 11.3 Å². The third kappa shape index (κ3) is 3.00. The molecule has 0 bridgehead atoms. The molecule has 1 saturated heterocycles. The van der Waals surface area contributed by atoms with E-state index in [1.54, 1.807) is 0 Å². The molecular formula is C12H15F2NO. The van der Waals surface area contributed by atoms with Crippen molar-refractivity contribution in [3.05, 3.63) is 35.4 Å². The molecule has 1 aliphatic rings. The van der Waals surface area contributed by atoms with Gasteiger partial charge in [-0.2, -0.15) is 0 Å². The molecule has 0 aromatic heterocycles. The van der Waals surface area contributed by atoms with Gasteiger partial charge < -0.3 is 10.1 Å². The van der Waals surface area contributed by atoms with E-state index in [1.165, 1.54) is 12.1 Å². The van der Waals surface area contributed by atoms with E-state index in [2.05, 4.69) is 5.32 Å². The normalized spacial score (nSPS) is 20.2. The van der Waals surface area contributed by atoms with Crippen molar-refractivity contribution in [2.75, 3.05) is 13.2 Å². The third-order valence-electron chi connectivity index (χ3n) is 2.73. The van der Waals surface area contributed by atoms with E-state index >= 15 is 0 Å². The Morgan fingerprint density at radius 1 is 1.38 bits per heavy atom. The minimum Gasteiger partial charge on any atom is -0.377 e. The lowest BCUT2D eigenvalue weighted by molar-refractivity contribution is 0.110. The molecule has 0 aliphatic carbocycles. The number of rotatable bonds is 4. The van der Waals surface area contributed by atoms with Gasteiger partial charge in [-0.05, 0) is 18.9 Å². The van der Waals surface area contributed by atoms with E-state index in [1.807, 2.05) is 0 Å². The van der Waals surface area contributed by atoms with Crippen molar-refractivity contribution in [1.82, 2.24) is 5.32 Å². The van der Waals surface area contributed by atoms with Gasteiger partial charge in [-0.3, -0.25) is 0 Å². The van der Waals surface area contributed by atoms with E-state index in [0.717, 1.165) is 32.1 Å². The third-order valence-corrected chi connectivity index (χ3v) is 2.73. The first kappa shape index (κ1) is 11.5. The van der Waals surface area contributed by atoms with Gasteiger partial charge in [-0.1, -0.05) is 6.07 Å². The second kappa shape index (κ2) is 5.37. The van der Waals surface area contributed by atoms with Crippen LogP contribution in [0.1, 0.15) is 18.4 Å². The Labute approximate surface area is 93.6 Å². The van der Waals surface area contributed by atoms with Crippen molar-refractivity contribution in [1.29, 1.82) is 0 Å². The molecule has 2 rings (SSSR count). The largest absolute Gasteiger partial charge is 0.377 e. The zero-order valence-electron chi connectivity index (χ0n) is 9.01. The lowest BCUT2D eigenvalue weighted by Crippen LogP contribution is -2.26. The van der Waals surface area contributed by atoms with Gasteiger partial charge in [-0.25, -0.2) is 8.78 Å². The summed E-state index contributed by atoms with van der Waals surface area (Å²) in [6.07, 6.45) is 2.39. The highest BCUT2D eigenvalue weighted by Crippen LogP contribution is 2.12. The molecule has 0 saturated carbocycles. The van der Waals surface area contributed by atoms with Crippen molar-refractivity contribution in [3.63, 3.8) is 0 Å². The molecule has 1 aromatic rings. The second-order valence-corrected chi connectivity index (χ2v) is 4.00. The molecule has 0 radical (unpaired) electrons. The summed E-state index contributed by atoms with van der Waals surface area (Å²) in [6, 6.07) is 3.64. The summed E-state index contributed by atoms with van der Waals surface area (Å²) in [5, 5.41) is 3.12. The van der Waals surface area contributed by atoms with Crippen LogP contribution in [-0.4, -0.2) is 19.3 Å². The van der Waals surface area contributed by atoms with E-state index in [9.17, 15) is 8.78 Å². The number of benzene rings is 1. The van der Waals surface area contributed by atoms with Crippen molar-refractivity contribution >= 4 is 0 Å². The Morgan fingerprint density at radius 2 is 2.25 bits per heavy atom. The Balaban J connectivity index is 1.80.